The molecule has 0 saturated carbocycles. The van der Waals surface area contributed by atoms with Crippen LogP contribution < -0.4 is 5.32 Å². The van der Waals surface area contributed by atoms with Gasteiger partial charge >= 0.3 is 14.8 Å². The quantitative estimate of drug-likeness (QED) is 0.0456. The number of carbonyl (C=O) groups is 2. The molecule has 41 heavy (non-hydrogen) atoms. The van der Waals surface area contributed by atoms with E-state index in [9.17, 15) is 14.7 Å². The van der Waals surface area contributed by atoms with E-state index in [0.717, 1.165) is 25.7 Å². The summed E-state index contributed by atoms with van der Waals surface area (Å²) in [7, 11) is -2.78. The second kappa shape index (κ2) is 22.6. The number of aliphatic carboxylic acids is 1. The highest BCUT2D eigenvalue weighted by atomic mass is 35.5. The van der Waals surface area contributed by atoms with Crippen LogP contribution >= 0.6 is 23.2 Å². The molecule has 0 aromatic rings. The fourth-order valence-corrected chi connectivity index (χ4v) is 7.66. The number of allylic oxidation sites excluding steroid dienone is 4. The number of carboxylic acid groups (broad SMARTS) is 1. The second-order valence-corrected chi connectivity index (χ2v) is 15.0. The lowest BCUT2D eigenvalue weighted by molar-refractivity contribution is -0.145. The average Bonchev–Trinajstić information content (AvgIpc) is 2.92. The van der Waals surface area contributed by atoms with Crippen LogP contribution in [0.2, 0.25) is 6.04 Å². The summed E-state index contributed by atoms with van der Waals surface area (Å²) in [6.07, 6.45) is 13.5. The molecule has 0 spiro atoms. The van der Waals surface area contributed by atoms with Crippen LogP contribution in [-0.2, 0) is 22.9 Å². The van der Waals surface area contributed by atoms with Crippen LogP contribution in [0.25, 0.3) is 0 Å². The molecule has 10 heteroatoms. The summed E-state index contributed by atoms with van der Waals surface area (Å²) in [6.45, 7) is 16.2. The van der Waals surface area contributed by atoms with E-state index in [4.69, 9.17) is 36.5 Å². The predicted molar refractivity (Wildman–Crippen MR) is 173 cm³/mol. The summed E-state index contributed by atoms with van der Waals surface area (Å²) in [5.41, 5.74) is 0.301. The molecule has 0 saturated heterocycles. The first-order valence-electron chi connectivity index (χ1n) is 15.4. The number of hydrogen-bond acceptors (Lipinski definition) is 5. The van der Waals surface area contributed by atoms with Crippen LogP contribution in [0.15, 0.2) is 24.3 Å². The number of carboxylic acids is 1. The Labute approximate surface area is 261 Å². The van der Waals surface area contributed by atoms with E-state index in [-0.39, 0.29) is 29.0 Å². The molecule has 0 radical (unpaired) electrons. The SMILES string of the molecule is C/C=C/C(CCC(Cl)C(Cl)CC/C=C/CC(C)(C)CC)C(CC(=O)NCCC[Si](OCC)(OCC)OCC)C(=O)O. The Bertz CT molecular complexity index is 763. The van der Waals surface area contributed by atoms with E-state index in [1.807, 2.05) is 39.8 Å². The lowest BCUT2D eigenvalue weighted by Crippen LogP contribution is -2.46. The molecule has 0 aromatic heterocycles. The zero-order valence-corrected chi connectivity index (χ0v) is 29.1. The van der Waals surface area contributed by atoms with Gasteiger partial charge in [-0.25, -0.2) is 0 Å². The summed E-state index contributed by atoms with van der Waals surface area (Å²) in [5, 5.41) is 12.3. The number of hydrogen-bond donors (Lipinski definition) is 2. The molecule has 4 unspecified atom stereocenters. The third-order valence-electron chi connectivity index (χ3n) is 7.33. The van der Waals surface area contributed by atoms with Crippen LogP contribution in [0.5, 0.6) is 0 Å². The average molecular weight is 639 g/mol. The monoisotopic (exact) mass is 637 g/mol. The van der Waals surface area contributed by atoms with Gasteiger partial charge in [0.1, 0.15) is 0 Å². The first kappa shape index (κ1) is 40.1. The summed E-state index contributed by atoms with van der Waals surface area (Å²) < 4.78 is 17.6. The maximum atomic E-state index is 12.7. The third-order valence-corrected chi connectivity index (χ3v) is 11.7. The van der Waals surface area contributed by atoms with Crippen molar-refractivity contribution in [1.29, 1.82) is 0 Å². The van der Waals surface area contributed by atoms with Crippen molar-refractivity contribution in [2.75, 3.05) is 26.4 Å². The Morgan fingerprint density at radius 3 is 2.05 bits per heavy atom. The summed E-state index contributed by atoms with van der Waals surface area (Å²) in [6, 6.07) is 0.579. The van der Waals surface area contributed by atoms with Gasteiger partial charge in [0.2, 0.25) is 5.91 Å². The van der Waals surface area contributed by atoms with Gasteiger partial charge in [-0.3, -0.25) is 9.59 Å². The predicted octanol–water partition coefficient (Wildman–Crippen LogP) is 7.98. The van der Waals surface area contributed by atoms with Gasteiger partial charge in [0, 0.05) is 44.2 Å². The second-order valence-electron chi connectivity index (χ2n) is 11.2. The summed E-state index contributed by atoms with van der Waals surface area (Å²) in [5.74, 6) is -2.46. The van der Waals surface area contributed by atoms with E-state index in [2.05, 4.69) is 38.2 Å². The number of carbonyl (C=O) groups excluding carboxylic acids is 1. The van der Waals surface area contributed by atoms with Crippen molar-refractivity contribution >= 4 is 43.9 Å². The molecule has 240 valence electrons. The number of rotatable bonds is 25. The molecule has 0 heterocycles. The molecule has 0 aliphatic heterocycles. The maximum Gasteiger partial charge on any atom is 0.500 e. The highest BCUT2D eigenvalue weighted by Crippen LogP contribution is 2.29. The minimum atomic E-state index is -2.78. The Hall–Kier alpha value is -0.903. The van der Waals surface area contributed by atoms with E-state index < -0.39 is 20.7 Å². The summed E-state index contributed by atoms with van der Waals surface area (Å²) >= 11 is 13.2. The molecule has 1 amide bonds. The van der Waals surface area contributed by atoms with Crippen molar-refractivity contribution in [2.24, 2.45) is 17.3 Å². The molecular formula is C31H57Cl2NO6Si. The fraction of sp³-hybridized carbons (Fsp3) is 0.806. The van der Waals surface area contributed by atoms with Crippen molar-refractivity contribution in [3.8, 4) is 0 Å². The minimum absolute atomic E-state index is 0.106. The lowest BCUT2D eigenvalue weighted by atomic mass is 9.84. The normalized spacial score (nSPS) is 15.7. The van der Waals surface area contributed by atoms with Crippen molar-refractivity contribution in [3.63, 3.8) is 0 Å². The largest absolute Gasteiger partial charge is 0.500 e. The van der Waals surface area contributed by atoms with Crippen LogP contribution in [-0.4, -0.2) is 62.9 Å². The fourth-order valence-electron chi connectivity index (χ4n) is 4.54. The van der Waals surface area contributed by atoms with Crippen molar-refractivity contribution < 1.29 is 28.0 Å². The van der Waals surface area contributed by atoms with Crippen molar-refractivity contribution in [3.05, 3.63) is 24.3 Å². The van der Waals surface area contributed by atoms with Crippen LogP contribution in [0.1, 0.15) is 99.8 Å². The van der Waals surface area contributed by atoms with E-state index >= 15 is 0 Å². The minimum Gasteiger partial charge on any atom is -0.481 e. The first-order valence-corrected chi connectivity index (χ1v) is 18.2. The van der Waals surface area contributed by atoms with Crippen LogP contribution in [0.3, 0.4) is 0 Å². The van der Waals surface area contributed by atoms with Crippen molar-refractivity contribution in [1.82, 2.24) is 5.32 Å². The number of amides is 1. The first-order chi connectivity index (χ1) is 19.4. The van der Waals surface area contributed by atoms with E-state index in [1.165, 1.54) is 0 Å². The molecule has 0 bridgehead atoms. The van der Waals surface area contributed by atoms with Gasteiger partial charge < -0.3 is 23.7 Å². The maximum absolute atomic E-state index is 12.7. The van der Waals surface area contributed by atoms with Gasteiger partial charge in [-0.1, -0.05) is 51.5 Å². The smallest absolute Gasteiger partial charge is 0.481 e. The Kier molecular flexibility index (Phi) is 22.1. The zero-order valence-electron chi connectivity index (χ0n) is 26.6. The molecule has 2 N–H and O–H groups in total. The van der Waals surface area contributed by atoms with Crippen LogP contribution in [0.4, 0.5) is 0 Å². The molecule has 0 rings (SSSR count). The Balaban J connectivity index is 4.90. The highest BCUT2D eigenvalue weighted by Gasteiger charge is 2.39. The molecule has 0 aliphatic carbocycles. The third kappa shape index (κ3) is 17.7. The standard InChI is InChI=1S/C31H57Cl2NO6Si/c1-8-17-25(19-20-28(33)27(32)18-14-13-15-21-31(6,7)9-2)26(30(36)37)24-29(35)34-22-16-23-41(38-10-3,39-11-4)40-12-5/h8,13,15,17,25-28H,9-12,14,16,18-24H2,1-7H3,(H,34,35)(H,36,37)/b15-13+,17-8+. The van der Waals surface area contributed by atoms with E-state index in [1.54, 1.807) is 0 Å². The topological polar surface area (TPSA) is 94.1 Å². The zero-order chi connectivity index (χ0) is 31.3. The van der Waals surface area contributed by atoms with Gasteiger partial charge in [0.05, 0.1) is 11.3 Å². The van der Waals surface area contributed by atoms with E-state index in [0.29, 0.717) is 57.1 Å². The van der Waals surface area contributed by atoms with Gasteiger partial charge in [-0.2, -0.15) is 0 Å². The van der Waals surface area contributed by atoms with Gasteiger partial charge in [-0.15, -0.1) is 23.2 Å². The molecule has 0 fully saturated rings. The van der Waals surface area contributed by atoms with Crippen molar-refractivity contribution in [2.45, 2.75) is 117 Å². The number of alkyl halides is 2. The molecular weight excluding hydrogens is 581 g/mol. The lowest BCUT2D eigenvalue weighted by Gasteiger charge is -2.28. The molecule has 0 aliphatic rings. The molecule has 0 aromatic carbocycles. The van der Waals surface area contributed by atoms with Gasteiger partial charge in [0.15, 0.2) is 0 Å². The highest BCUT2D eigenvalue weighted by molar-refractivity contribution is 6.60. The Morgan fingerprint density at radius 2 is 1.54 bits per heavy atom. The molecule has 7 nitrogen and oxygen atoms in total. The van der Waals surface area contributed by atoms with Gasteiger partial charge in [0.25, 0.3) is 0 Å². The molecule has 4 atom stereocenters. The summed E-state index contributed by atoms with van der Waals surface area (Å²) in [4.78, 5) is 24.9. The van der Waals surface area contributed by atoms with Gasteiger partial charge in [-0.05, 0) is 77.6 Å². The Morgan fingerprint density at radius 1 is 0.951 bits per heavy atom. The number of halogens is 2. The van der Waals surface area contributed by atoms with Crippen LogP contribution in [0, 0.1) is 17.3 Å². The number of nitrogens with one attached hydrogen (secondary N) is 1.